The van der Waals surface area contributed by atoms with E-state index in [0.717, 1.165) is 0 Å². The Morgan fingerprint density at radius 3 is 2.73 bits per heavy atom. The minimum atomic E-state index is -0.538. The number of carbonyl (C=O) groups excluding carboxylic acids is 1. The molecule has 30 heavy (non-hydrogen) atoms. The van der Waals surface area contributed by atoms with Crippen molar-refractivity contribution in [2.45, 2.75) is 26.9 Å². The van der Waals surface area contributed by atoms with E-state index in [1.165, 1.54) is 6.08 Å². The predicted molar refractivity (Wildman–Crippen MR) is 116 cm³/mol. The number of nitriles is 1. The second-order valence-corrected chi connectivity index (χ2v) is 7.47. The third-order valence-corrected chi connectivity index (χ3v) is 4.71. The van der Waals surface area contributed by atoms with Crippen LogP contribution in [-0.4, -0.2) is 25.4 Å². The van der Waals surface area contributed by atoms with Crippen molar-refractivity contribution < 1.29 is 23.7 Å². The molecule has 1 N–H and O–H groups in total. The van der Waals surface area contributed by atoms with E-state index < -0.39 is 5.91 Å². The van der Waals surface area contributed by atoms with Crippen LogP contribution in [0.5, 0.6) is 23.0 Å². The van der Waals surface area contributed by atoms with Crippen molar-refractivity contribution in [2.24, 2.45) is 0 Å². The van der Waals surface area contributed by atoms with Gasteiger partial charge < -0.3 is 24.3 Å². The summed E-state index contributed by atoms with van der Waals surface area (Å²) in [5.74, 6) is 1.73. The number of benzene rings is 2. The molecule has 0 unspecified atom stereocenters. The van der Waals surface area contributed by atoms with Crippen molar-refractivity contribution >= 4 is 33.6 Å². The summed E-state index contributed by atoms with van der Waals surface area (Å²) in [6, 6.07) is 10.5. The highest BCUT2D eigenvalue weighted by Crippen LogP contribution is 2.36. The number of amides is 1. The predicted octanol–water partition coefficient (Wildman–Crippen LogP) is 4.91. The molecule has 2 aromatic carbocycles. The first kappa shape index (κ1) is 21.5. The molecule has 3 rings (SSSR count). The highest BCUT2D eigenvalue weighted by Gasteiger charge is 2.17. The molecule has 0 aliphatic carbocycles. The van der Waals surface area contributed by atoms with Crippen LogP contribution < -0.4 is 24.3 Å². The second kappa shape index (κ2) is 9.55. The van der Waals surface area contributed by atoms with Gasteiger partial charge in [-0.15, -0.1) is 0 Å². The van der Waals surface area contributed by atoms with Crippen LogP contribution in [0.2, 0.25) is 0 Å². The normalized spacial score (nSPS) is 12.5. The molecule has 0 fully saturated rings. The van der Waals surface area contributed by atoms with Crippen LogP contribution in [0.4, 0.5) is 5.69 Å². The summed E-state index contributed by atoms with van der Waals surface area (Å²) in [6.45, 7) is 6.31. The van der Waals surface area contributed by atoms with Crippen LogP contribution >= 0.6 is 15.9 Å². The van der Waals surface area contributed by atoms with Gasteiger partial charge in [-0.3, -0.25) is 4.79 Å². The summed E-state index contributed by atoms with van der Waals surface area (Å²) < 4.78 is 22.7. The van der Waals surface area contributed by atoms with Gasteiger partial charge in [-0.1, -0.05) is 15.9 Å². The van der Waals surface area contributed by atoms with Crippen molar-refractivity contribution in [3.63, 3.8) is 0 Å². The number of rotatable bonds is 7. The molecular weight excluding hydrogens is 452 g/mol. The number of nitrogens with zero attached hydrogens (tertiary/aromatic N) is 1. The van der Waals surface area contributed by atoms with Gasteiger partial charge in [0, 0.05) is 16.2 Å². The third kappa shape index (κ3) is 5.05. The number of hydrogen-bond donors (Lipinski definition) is 1. The maximum atomic E-state index is 12.6. The quantitative estimate of drug-likeness (QED) is 0.454. The van der Waals surface area contributed by atoms with Crippen LogP contribution in [0.1, 0.15) is 26.3 Å². The fourth-order valence-corrected chi connectivity index (χ4v) is 3.19. The van der Waals surface area contributed by atoms with Gasteiger partial charge in [-0.2, -0.15) is 5.26 Å². The molecule has 7 nitrogen and oxygen atoms in total. The van der Waals surface area contributed by atoms with Gasteiger partial charge in [-0.05, 0) is 56.7 Å². The van der Waals surface area contributed by atoms with Crippen molar-refractivity contribution in [1.82, 2.24) is 0 Å². The summed E-state index contributed by atoms with van der Waals surface area (Å²) in [6.07, 6.45) is 1.47. The molecule has 1 aliphatic rings. The van der Waals surface area contributed by atoms with Crippen molar-refractivity contribution in [1.29, 1.82) is 5.26 Å². The van der Waals surface area contributed by atoms with Crippen molar-refractivity contribution in [3.8, 4) is 29.1 Å². The lowest BCUT2D eigenvalue weighted by Gasteiger charge is -2.16. The van der Waals surface area contributed by atoms with Crippen molar-refractivity contribution in [2.75, 3.05) is 18.7 Å². The molecule has 0 atom stereocenters. The van der Waals surface area contributed by atoms with Crippen molar-refractivity contribution in [3.05, 3.63) is 45.9 Å². The SMILES string of the molecule is CCOc1cc(/C=C(\C#N)C(=O)Nc2ccc3c(c2)OCO3)c(Br)cc1OC(C)C. The Kier molecular flexibility index (Phi) is 6.85. The van der Waals surface area contributed by atoms with E-state index in [-0.39, 0.29) is 18.5 Å². The maximum absolute atomic E-state index is 12.6. The zero-order chi connectivity index (χ0) is 21.7. The van der Waals surface area contributed by atoms with Crippen LogP contribution in [0.15, 0.2) is 40.4 Å². The topological polar surface area (TPSA) is 89.8 Å². The molecule has 0 saturated heterocycles. The van der Waals surface area contributed by atoms with Crippen LogP contribution in [0.3, 0.4) is 0 Å². The number of ether oxygens (including phenoxy) is 4. The lowest BCUT2D eigenvalue weighted by Crippen LogP contribution is -2.13. The van der Waals surface area contributed by atoms with E-state index >= 15 is 0 Å². The fraction of sp³-hybridized carbons (Fsp3) is 0.273. The first-order valence-corrected chi connectivity index (χ1v) is 10.2. The number of hydrogen-bond acceptors (Lipinski definition) is 6. The zero-order valence-corrected chi connectivity index (χ0v) is 18.4. The minimum Gasteiger partial charge on any atom is -0.490 e. The molecule has 1 amide bonds. The molecule has 0 spiro atoms. The Labute approximate surface area is 183 Å². The largest absolute Gasteiger partial charge is 0.490 e. The van der Waals surface area contributed by atoms with Gasteiger partial charge in [0.15, 0.2) is 23.0 Å². The number of nitrogens with one attached hydrogen (secondary N) is 1. The standard InChI is InChI=1S/C22H21BrN2O5/c1-4-27-19-8-14(17(23)10-21(19)30-13(2)3)7-15(11-24)22(26)25-16-5-6-18-20(9-16)29-12-28-18/h5-10,13H,4,12H2,1-3H3,(H,25,26)/b15-7+. The van der Waals surface area contributed by atoms with E-state index in [1.807, 2.05) is 26.8 Å². The summed E-state index contributed by atoms with van der Waals surface area (Å²) in [4.78, 5) is 12.6. The Hall–Kier alpha value is -3.18. The first-order chi connectivity index (χ1) is 14.4. The molecule has 0 aromatic heterocycles. The Balaban J connectivity index is 1.86. The van der Waals surface area contributed by atoms with E-state index in [1.54, 1.807) is 30.3 Å². The Morgan fingerprint density at radius 1 is 1.27 bits per heavy atom. The molecule has 8 heteroatoms. The maximum Gasteiger partial charge on any atom is 0.266 e. The second-order valence-electron chi connectivity index (χ2n) is 6.61. The summed E-state index contributed by atoms with van der Waals surface area (Å²) >= 11 is 3.48. The minimum absolute atomic E-state index is 0.0281. The molecule has 0 radical (unpaired) electrons. The molecule has 156 valence electrons. The van der Waals surface area contributed by atoms with Crippen LogP contribution in [-0.2, 0) is 4.79 Å². The molecule has 0 saturated carbocycles. The van der Waals surface area contributed by atoms with Crippen LogP contribution in [0, 0.1) is 11.3 Å². The Bertz CT molecular complexity index is 1030. The Morgan fingerprint density at radius 2 is 2.03 bits per heavy atom. The first-order valence-electron chi connectivity index (χ1n) is 9.37. The van der Waals surface area contributed by atoms with Gasteiger partial charge in [0.2, 0.25) is 6.79 Å². The average molecular weight is 473 g/mol. The van der Waals surface area contributed by atoms with E-state index in [4.69, 9.17) is 18.9 Å². The lowest BCUT2D eigenvalue weighted by molar-refractivity contribution is -0.112. The molecule has 1 heterocycles. The highest BCUT2D eigenvalue weighted by molar-refractivity contribution is 9.10. The van der Waals surface area contributed by atoms with Gasteiger partial charge in [0.1, 0.15) is 11.6 Å². The molecular formula is C22H21BrN2O5. The van der Waals surface area contributed by atoms with Gasteiger partial charge in [0.05, 0.1) is 12.7 Å². The van der Waals surface area contributed by atoms with E-state index in [9.17, 15) is 10.1 Å². The van der Waals surface area contributed by atoms with Gasteiger partial charge in [0.25, 0.3) is 5.91 Å². The lowest BCUT2D eigenvalue weighted by atomic mass is 10.1. The number of anilines is 1. The molecule has 2 aromatic rings. The highest BCUT2D eigenvalue weighted by atomic mass is 79.9. The van der Waals surface area contributed by atoms with E-state index in [0.29, 0.717) is 45.3 Å². The summed E-state index contributed by atoms with van der Waals surface area (Å²) in [5, 5.41) is 12.2. The average Bonchev–Trinajstić information content (AvgIpc) is 3.16. The van der Waals surface area contributed by atoms with Gasteiger partial charge >= 0.3 is 0 Å². The summed E-state index contributed by atoms with van der Waals surface area (Å²) in [5.41, 5.74) is 1.06. The van der Waals surface area contributed by atoms with Crippen LogP contribution in [0.25, 0.3) is 6.08 Å². The molecule has 1 aliphatic heterocycles. The summed E-state index contributed by atoms with van der Waals surface area (Å²) in [7, 11) is 0. The monoisotopic (exact) mass is 472 g/mol. The zero-order valence-electron chi connectivity index (χ0n) is 16.8. The molecule has 0 bridgehead atoms. The fourth-order valence-electron chi connectivity index (χ4n) is 2.75. The number of fused-ring (bicyclic) bond motifs is 1. The van der Waals surface area contributed by atoms with E-state index in [2.05, 4.69) is 21.2 Å². The third-order valence-electron chi connectivity index (χ3n) is 4.02. The number of halogens is 1. The van der Waals surface area contributed by atoms with Gasteiger partial charge in [-0.25, -0.2) is 0 Å². The number of carbonyl (C=O) groups is 1. The smallest absolute Gasteiger partial charge is 0.266 e.